The molecule has 2 amide bonds. The number of piperazine rings is 1. The number of sulfonamides is 1. The maximum atomic E-state index is 12.0. The average Bonchev–Trinajstić information content (AvgIpc) is 2.79. The summed E-state index contributed by atoms with van der Waals surface area (Å²) in [6.45, 7) is 4.82. The van der Waals surface area contributed by atoms with Crippen LogP contribution in [0.1, 0.15) is 33.1 Å². The summed E-state index contributed by atoms with van der Waals surface area (Å²) in [7, 11) is -3.30. The molecule has 3 N–H and O–H groups in total. The third-order valence-electron chi connectivity index (χ3n) is 4.16. The van der Waals surface area contributed by atoms with Crippen molar-refractivity contribution in [2.24, 2.45) is 0 Å². The number of hydrogen-bond donors (Lipinski definition) is 3. The average molecular weight is 346 g/mol. The molecule has 2 saturated heterocycles. The van der Waals surface area contributed by atoms with Gasteiger partial charge >= 0.3 is 0 Å². The highest BCUT2D eigenvalue weighted by Crippen LogP contribution is 2.26. The summed E-state index contributed by atoms with van der Waals surface area (Å²) in [6, 6.07) is -0.412. The predicted molar refractivity (Wildman–Crippen MR) is 86.2 cm³/mol. The highest BCUT2D eigenvalue weighted by Gasteiger charge is 2.43. The first kappa shape index (κ1) is 18.2. The zero-order valence-corrected chi connectivity index (χ0v) is 14.6. The van der Waals surface area contributed by atoms with Crippen molar-refractivity contribution in [2.45, 2.75) is 57.3 Å². The second-order valence-electron chi connectivity index (χ2n) is 6.70. The predicted octanol–water partition coefficient (Wildman–Crippen LogP) is -1.22. The second-order valence-corrected chi connectivity index (χ2v) is 8.48. The van der Waals surface area contributed by atoms with E-state index in [1.54, 1.807) is 0 Å². The second kappa shape index (κ2) is 7.14. The minimum atomic E-state index is -3.30. The molecule has 0 aromatic carbocycles. The molecule has 0 spiro atoms. The number of rotatable bonds is 6. The molecule has 9 heteroatoms. The smallest absolute Gasteiger partial charge is 0.237 e. The van der Waals surface area contributed by atoms with Crippen LogP contribution in [0.25, 0.3) is 0 Å². The van der Waals surface area contributed by atoms with Gasteiger partial charge in [-0.25, -0.2) is 13.1 Å². The molecule has 0 aromatic rings. The summed E-state index contributed by atoms with van der Waals surface area (Å²) in [4.78, 5) is 25.8. The van der Waals surface area contributed by atoms with Gasteiger partial charge in [-0.3, -0.25) is 14.5 Å². The maximum Gasteiger partial charge on any atom is 0.237 e. The molecule has 23 heavy (non-hydrogen) atoms. The van der Waals surface area contributed by atoms with Crippen LogP contribution in [0.2, 0.25) is 0 Å². The molecule has 2 aliphatic heterocycles. The van der Waals surface area contributed by atoms with Crippen molar-refractivity contribution < 1.29 is 18.0 Å². The quantitative estimate of drug-likeness (QED) is 0.559. The van der Waals surface area contributed by atoms with Crippen LogP contribution in [0.3, 0.4) is 0 Å². The van der Waals surface area contributed by atoms with Gasteiger partial charge < -0.3 is 10.6 Å². The van der Waals surface area contributed by atoms with E-state index in [1.165, 1.54) is 0 Å². The Morgan fingerprint density at radius 1 is 1.43 bits per heavy atom. The Bertz CT molecular complexity index is 563. The minimum Gasteiger partial charge on any atom is -0.354 e. The molecule has 2 rings (SSSR count). The van der Waals surface area contributed by atoms with Crippen LogP contribution >= 0.6 is 0 Å². The van der Waals surface area contributed by atoms with Gasteiger partial charge in [-0.15, -0.1) is 0 Å². The van der Waals surface area contributed by atoms with Crippen LogP contribution < -0.4 is 15.4 Å². The number of carbonyl (C=O) groups is 2. The van der Waals surface area contributed by atoms with Gasteiger partial charge in [0.25, 0.3) is 0 Å². The van der Waals surface area contributed by atoms with E-state index in [1.807, 2.05) is 18.7 Å². The number of carbonyl (C=O) groups excluding carboxylic acids is 2. The van der Waals surface area contributed by atoms with E-state index >= 15 is 0 Å². The fourth-order valence-electron chi connectivity index (χ4n) is 3.32. The molecular weight excluding hydrogens is 320 g/mol. The fourth-order valence-corrected chi connectivity index (χ4v) is 4.10. The Kier molecular flexibility index (Phi) is 5.64. The van der Waals surface area contributed by atoms with Crippen molar-refractivity contribution in [2.75, 3.05) is 19.3 Å². The third-order valence-corrected chi connectivity index (χ3v) is 4.92. The van der Waals surface area contributed by atoms with E-state index in [-0.39, 0.29) is 36.0 Å². The van der Waals surface area contributed by atoms with Crippen molar-refractivity contribution in [1.82, 2.24) is 20.3 Å². The maximum absolute atomic E-state index is 12.0. The first-order valence-electron chi connectivity index (χ1n) is 7.96. The van der Waals surface area contributed by atoms with Gasteiger partial charge in [0.1, 0.15) is 0 Å². The van der Waals surface area contributed by atoms with E-state index in [0.717, 1.165) is 6.26 Å². The molecule has 132 valence electrons. The summed E-state index contributed by atoms with van der Waals surface area (Å²) >= 11 is 0. The van der Waals surface area contributed by atoms with E-state index in [0.29, 0.717) is 32.4 Å². The molecule has 0 aliphatic carbocycles. The van der Waals surface area contributed by atoms with E-state index in [9.17, 15) is 18.0 Å². The molecule has 0 radical (unpaired) electrons. The molecular formula is C14H26N4O4S. The molecule has 3 unspecified atom stereocenters. The lowest BCUT2D eigenvalue weighted by molar-refractivity contribution is -0.129. The first-order chi connectivity index (χ1) is 10.7. The van der Waals surface area contributed by atoms with Crippen LogP contribution in [-0.4, -0.2) is 68.6 Å². The van der Waals surface area contributed by atoms with Crippen LogP contribution in [0, 0.1) is 0 Å². The topological polar surface area (TPSA) is 108 Å². The molecule has 2 heterocycles. The third kappa shape index (κ3) is 5.15. The zero-order chi connectivity index (χ0) is 17.2. The van der Waals surface area contributed by atoms with Gasteiger partial charge in [-0.2, -0.15) is 0 Å². The Balaban J connectivity index is 1.95. The van der Waals surface area contributed by atoms with E-state index in [4.69, 9.17) is 0 Å². The Hall–Kier alpha value is -1.19. The van der Waals surface area contributed by atoms with Crippen molar-refractivity contribution in [3.63, 3.8) is 0 Å². The summed E-state index contributed by atoms with van der Waals surface area (Å²) in [5, 5.41) is 5.72. The summed E-state index contributed by atoms with van der Waals surface area (Å²) in [6.07, 6.45) is 2.62. The monoisotopic (exact) mass is 346 g/mol. The van der Waals surface area contributed by atoms with Crippen LogP contribution in [0.4, 0.5) is 0 Å². The molecule has 0 aromatic heterocycles. The Labute approximate surface area is 137 Å². The van der Waals surface area contributed by atoms with Gasteiger partial charge in [0.15, 0.2) is 0 Å². The lowest BCUT2D eigenvalue weighted by atomic mass is 10.0. The lowest BCUT2D eigenvalue weighted by Gasteiger charge is -2.37. The summed E-state index contributed by atoms with van der Waals surface area (Å²) < 4.78 is 25.4. The lowest BCUT2D eigenvalue weighted by Crippen LogP contribution is -2.58. The Morgan fingerprint density at radius 2 is 2.13 bits per heavy atom. The van der Waals surface area contributed by atoms with Crippen LogP contribution in [0.5, 0.6) is 0 Å². The number of fused-ring (bicyclic) bond motifs is 1. The largest absolute Gasteiger partial charge is 0.354 e. The minimum absolute atomic E-state index is 0.00143. The number of nitrogens with zero attached hydrogens (tertiary/aromatic N) is 1. The summed E-state index contributed by atoms with van der Waals surface area (Å²) in [5.74, 6) is -0.0656. The number of amides is 2. The zero-order valence-electron chi connectivity index (χ0n) is 13.8. The Morgan fingerprint density at radius 3 is 2.74 bits per heavy atom. The highest BCUT2D eigenvalue weighted by molar-refractivity contribution is 7.88. The molecule has 0 saturated carbocycles. The first-order valence-corrected chi connectivity index (χ1v) is 9.85. The van der Waals surface area contributed by atoms with E-state index < -0.39 is 10.0 Å². The van der Waals surface area contributed by atoms with Gasteiger partial charge in [-0.05, 0) is 26.7 Å². The normalized spacial score (nSPS) is 28.5. The van der Waals surface area contributed by atoms with Crippen molar-refractivity contribution >= 4 is 21.8 Å². The standard InChI is InChI=1S/C14H26N4O4S/c1-9(2)16-13(19)5-4-11-7-15-14(20)12-6-10(8-18(11)12)17-23(3,21)22/h9-12,17H,4-8H2,1-3H3,(H,15,20)(H,16,19). The number of hydrogen-bond acceptors (Lipinski definition) is 5. The van der Waals surface area contributed by atoms with Gasteiger partial charge in [0.2, 0.25) is 21.8 Å². The fraction of sp³-hybridized carbons (Fsp3) is 0.857. The van der Waals surface area contributed by atoms with Gasteiger partial charge in [-0.1, -0.05) is 0 Å². The van der Waals surface area contributed by atoms with E-state index in [2.05, 4.69) is 15.4 Å². The molecule has 2 fully saturated rings. The number of nitrogens with one attached hydrogen (secondary N) is 3. The molecule has 3 atom stereocenters. The molecule has 8 nitrogen and oxygen atoms in total. The molecule has 2 aliphatic rings. The SMILES string of the molecule is CC(C)NC(=O)CCC1CNC(=O)C2CC(NS(C)(=O)=O)CN12. The van der Waals surface area contributed by atoms with Crippen molar-refractivity contribution in [1.29, 1.82) is 0 Å². The van der Waals surface area contributed by atoms with Crippen LogP contribution in [0.15, 0.2) is 0 Å². The van der Waals surface area contributed by atoms with Gasteiger partial charge in [0, 0.05) is 37.6 Å². The van der Waals surface area contributed by atoms with Crippen molar-refractivity contribution in [3.8, 4) is 0 Å². The van der Waals surface area contributed by atoms with Gasteiger partial charge in [0.05, 0.1) is 12.3 Å². The van der Waals surface area contributed by atoms with Crippen molar-refractivity contribution in [3.05, 3.63) is 0 Å². The molecule has 0 bridgehead atoms. The summed E-state index contributed by atoms with van der Waals surface area (Å²) in [5.41, 5.74) is 0. The van der Waals surface area contributed by atoms with Crippen LogP contribution in [-0.2, 0) is 19.6 Å². The highest BCUT2D eigenvalue weighted by atomic mass is 32.2.